The maximum absolute atomic E-state index is 12.8. The van der Waals surface area contributed by atoms with Crippen molar-refractivity contribution >= 4 is 17.8 Å². The van der Waals surface area contributed by atoms with Crippen molar-refractivity contribution in [2.45, 2.75) is 32.1 Å². The first-order valence-electron chi connectivity index (χ1n) is 9.15. The summed E-state index contributed by atoms with van der Waals surface area (Å²) in [5.74, 6) is -1.24. The molecule has 1 heterocycles. The summed E-state index contributed by atoms with van der Waals surface area (Å²) in [5.41, 5.74) is -0.299. The van der Waals surface area contributed by atoms with Crippen LogP contribution in [0.15, 0.2) is 48.5 Å². The van der Waals surface area contributed by atoms with E-state index in [0.717, 1.165) is 22.6 Å². The van der Waals surface area contributed by atoms with Gasteiger partial charge in [-0.3, -0.25) is 14.5 Å². The largest absolute Gasteiger partial charge is 0.416 e. The summed E-state index contributed by atoms with van der Waals surface area (Å²) >= 11 is 0. The number of imide groups is 1. The number of carbonyl (C=O) groups is 3. The number of hydrogen-bond donors (Lipinski definition) is 2. The molecular weight excluding hydrogens is 399 g/mol. The summed E-state index contributed by atoms with van der Waals surface area (Å²) in [6.07, 6.45) is -4.49. The van der Waals surface area contributed by atoms with Crippen molar-refractivity contribution < 1.29 is 27.6 Å². The molecule has 1 aliphatic heterocycles. The number of urea groups is 1. The van der Waals surface area contributed by atoms with Crippen LogP contribution in [-0.2, 0) is 27.8 Å². The van der Waals surface area contributed by atoms with E-state index in [9.17, 15) is 27.6 Å². The van der Waals surface area contributed by atoms with Crippen molar-refractivity contribution in [3.8, 4) is 0 Å². The maximum atomic E-state index is 12.8. The molecule has 0 aromatic heterocycles. The lowest BCUT2D eigenvalue weighted by Gasteiger charge is -2.22. The van der Waals surface area contributed by atoms with E-state index in [1.807, 2.05) is 19.1 Å². The van der Waals surface area contributed by atoms with Gasteiger partial charge in [-0.05, 0) is 37.1 Å². The van der Waals surface area contributed by atoms with E-state index in [0.29, 0.717) is 5.56 Å². The van der Waals surface area contributed by atoms with Gasteiger partial charge in [0, 0.05) is 6.54 Å². The lowest BCUT2D eigenvalue weighted by molar-refractivity contribution is -0.137. The molecule has 4 amide bonds. The van der Waals surface area contributed by atoms with Crippen LogP contribution in [0.2, 0.25) is 0 Å². The predicted octanol–water partition coefficient (Wildman–Crippen LogP) is 3.10. The summed E-state index contributed by atoms with van der Waals surface area (Å²) in [6, 6.07) is 10.9. The van der Waals surface area contributed by atoms with Crippen LogP contribution in [0.5, 0.6) is 0 Å². The predicted molar refractivity (Wildman–Crippen MR) is 102 cm³/mol. The third-order valence-electron chi connectivity index (χ3n) is 4.95. The van der Waals surface area contributed by atoms with E-state index in [1.54, 1.807) is 19.1 Å². The second-order valence-electron chi connectivity index (χ2n) is 7.29. The van der Waals surface area contributed by atoms with Gasteiger partial charge in [0.25, 0.3) is 5.91 Å². The third-order valence-corrected chi connectivity index (χ3v) is 4.95. The Labute approximate surface area is 171 Å². The Morgan fingerprint density at radius 3 is 2.43 bits per heavy atom. The average molecular weight is 419 g/mol. The van der Waals surface area contributed by atoms with E-state index in [2.05, 4.69) is 10.6 Å². The molecule has 3 rings (SSSR count). The summed E-state index contributed by atoms with van der Waals surface area (Å²) < 4.78 is 38.3. The fourth-order valence-electron chi connectivity index (χ4n) is 3.18. The molecule has 0 bridgehead atoms. The van der Waals surface area contributed by atoms with Crippen LogP contribution in [-0.4, -0.2) is 29.3 Å². The topological polar surface area (TPSA) is 78.5 Å². The van der Waals surface area contributed by atoms with Crippen molar-refractivity contribution in [1.29, 1.82) is 0 Å². The lowest BCUT2D eigenvalue weighted by atomic mass is 9.91. The van der Waals surface area contributed by atoms with Gasteiger partial charge in [0.2, 0.25) is 5.91 Å². The Hall–Kier alpha value is -3.36. The molecular formula is C21H20F3N3O3. The Morgan fingerprint density at radius 2 is 1.80 bits per heavy atom. The molecule has 0 aliphatic carbocycles. The molecule has 9 heteroatoms. The molecule has 1 aliphatic rings. The van der Waals surface area contributed by atoms with Crippen LogP contribution in [0.3, 0.4) is 0 Å². The fraction of sp³-hybridized carbons (Fsp3) is 0.286. The van der Waals surface area contributed by atoms with Crippen LogP contribution in [0, 0.1) is 6.92 Å². The molecule has 0 radical (unpaired) electrons. The molecule has 0 spiro atoms. The second-order valence-corrected chi connectivity index (χ2v) is 7.29. The average Bonchev–Trinajstić information content (AvgIpc) is 2.90. The number of carbonyl (C=O) groups excluding carboxylic acids is 3. The molecule has 6 nitrogen and oxygen atoms in total. The van der Waals surface area contributed by atoms with Crippen molar-refractivity contribution in [2.24, 2.45) is 0 Å². The molecule has 1 atom stereocenters. The monoisotopic (exact) mass is 419 g/mol. The van der Waals surface area contributed by atoms with Gasteiger partial charge in [-0.1, -0.05) is 42.0 Å². The minimum atomic E-state index is -4.49. The standard InChI is InChI=1S/C21H20F3N3O3/c1-13-6-8-15(9-7-13)20(2)18(29)27(19(30)26-20)12-17(28)25-11-14-4-3-5-16(10-14)21(22,23)24/h3-10H,11-12H2,1-2H3,(H,25,28)(H,26,30)/t20-/m0/s1. The van der Waals surface area contributed by atoms with Gasteiger partial charge < -0.3 is 10.6 Å². The number of halogens is 3. The van der Waals surface area contributed by atoms with Crippen molar-refractivity contribution in [1.82, 2.24) is 15.5 Å². The Morgan fingerprint density at radius 1 is 1.13 bits per heavy atom. The normalized spacial score (nSPS) is 19.0. The second kappa shape index (κ2) is 7.81. The van der Waals surface area contributed by atoms with E-state index < -0.39 is 41.7 Å². The molecule has 0 unspecified atom stereocenters. The minimum absolute atomic E-state index is 0.165. The fourth-order valence-corrected chi connectivity index (χ4v) is 3.18. The van der Waals surface area contributed by atoms with Crippen molar-refractivity contribution in [3.05, 3.63) is 70.8 Å². The molecule has 2 aromatic carbocycles. The van der Waals surface area contributed by atoms with Gasteiger partial charge in [-0.2, -0.15) is 13.2 Å². The number of amides is 4. The van der Waals surface area contributed by atoms with Gasteiger partial charge in [-0.15, -0.1) is 0 Å². The first kappa shape index (κ1) is 21.4. The molecule has 0 saturated carbocycles. The SMILES string of the molecule is Cc1ccc([C@]2(C)NC(=O)N(CC(=O)NCc3cccc(C(F)(F)F)c3)C2=O)cc1. The van der Waals surface area contributed by atoms with Crippen LogP contribution < -0.4 is 10.6 Å². The first-order chi connectivity index (χ1) is 14.0. The Bertz CT molecular complexity index is 989. The summed E-state index contributed by atoms with van der Waals surface area (Å²) in [6.45, 7) is 2.74. The zero-order chi connectivity index (χ0) is 22.1. The smallest absolute Gasteiger partial charge is 0.350 e. The number of hydrogen-bond acceptors (Lipinski definition) is 3. The number of nitrogens with zero attached hydrogens (tertiary/aromatic N) is 1. The zero-order valence-electron chi connectivity index (χ0n) is 16.3. The quantitative estimate of drug-likeness (QED) is 0.731. The summed E-state index contributed by atoms with van der Waals surface area (Å²) in [5, 5.41) is 5.04. The molecule has 1 saturated heterocycles. The highest BCUT2D eigenvalue weighted by Gasteiger charge is 2.49. The molecule has 2 aromatic rings. The zero-order valence-corrected chi connectivity index (χ0v) is 16.3. The highest BCUT2D eigenvalue weighted by molar-refractivity contribution is 6.09. The molecule has 1 fully saturated rings. The summed E-state index contributed by atoms with van der Waals surface area (Å²) in [4.78, 5) is 38.1. The van der Waals surface area contributed by atoms with Crippen LogP contribution >= 0.6 is 0 Å². The van der Waals surface area contributed by atoms with Crippen LogP contribution in [0.1, 0.15) is 29.2 Å². The van der Waals surface area contributed by atoms with Crippen LogP contribution in [0.25, 0.3) is 0 Å². The van der Waals surface area contributed by atoms with Gasteiger partial charge in [0.15, 0.2) is 0 Å². The molecule has 158 valence electrons. The molecule has 2 N–H and O–H groups in total. The number of nitrogens with one attached hydrogen (secondary N) is 2. The number of rotatable bonds is 5. The Kier molecular flexibility index (Phi) is 5.56. The van der Waals surface area contributed by atoms with Gasteiger partial charge >= 0.3 is 12.2 Å². The molecule has 30 heavy (non-hydrogen) atoms. The first-order valence-corrected chi connectivity index (χ1v) is 9.15. The maximum Gasteiger partial charge on any atom is 0.416 e. The minimum Gasteiger partial charge on any atom is -0.350 e. The number of benzene rings is 2. The Balaban J connectivity index is 1.65. The van der Waals surface area contributed by atoms with Gasteiger partial charge in [0.05, 0.1) is 5.56 Å². The van der Waals surface area contributed by atoms with Gasteiger partial charge in [-0.25, -0.2) is 4.79 Å². The highest BCUT2D eigenvalue weighted by Crippen LogP contribution is 2.30. The number of alkyl halides is 3. The van der Waals surface area contributed by atoms with Crippen molar-refractivity contribution in [3.63, 3.8) is 0 Å². The third kappa shape index (κ3) is 4.29. The van der Waals surface area contributed by atoms with E-state index in [1.165, 1.54) is 12.1 Å². The van der Waals surface area contributed by atoms with E-state index >= 15 is 0 Å². The van der Waals surface area contributed by atoms with Crippen molar-refractivity contribution in [2.75, 3.05) is 6.54 Å². The summed E-state index contributed by atoms with van der Waals surface area (Å²) in [7, 11) is 0. The highest BCUT2D eigenvalue weighted by atomic mass is 19.4. The van der Waals surface area contributed by atoms with E-state index in [-0.39, 0.29) is 12.1 Å². The van der Waals surface area contributed by atoms with Crippen LogP contribution in [0.4, 0.5) is 18.0 Å². The van der Waals surface area contributed by atoms with E-state index in [4.69, 9.17) is 0 Å². The number of aryl methyl sites for hydroxylation is 1. The lowest BCUT2D eigenvalue weighted by Crippen LogP contribution is -2.43. The van der Waals surface area contributed by atoms with Gasteiger partial charge in [0.1, 0.15) is 12.1 Å².